The molecule has 0 radical (unpaired) electrons. The number of rotatable bonds is 24. The summed E-state index contributed by atoms with van der Waals surface area (Å²) in [4.78, 5) is 24.5. The highest BCUT2D eigenvalue weighted by Crippen LogP contribution is 2.09. The summed E-state index contributed by atoms with van der Waals surface area (Å²) in [5, 5.41) is 34.4. The SMILES string of the molecule is CCCCCCCCC=CCCCCCCCC(=O)O.OCCON(OCCO)OCCO. The van der Waals surface area contributed by atoms with Crippen LogP contribution in [0.2, 0.25) is 0 Å². The molecule has 4 N–H and O–H groups in total. The van der Waals surface area contributed by atoms with Crippen LogP contribution in [0.1, 0.15) is 96.8 Å². The molecule has 0 rings (SSSR count). The Kier molecular flexibility index (Phi) is 32.0. The summed E-state index contributed by atoms with van der Waals surface area (Å²) in [6, 6.07) is 0. The van der Waals surface area contributed by atoms with Crippen molar-refractivity contribution in [3.05, 3.63) is 12.2 Å². The topological polar surface area (TPSA) is 129 Å². The van der Waals surface area contributed by atoms with Crippen molar-refractivity contribution in [3.8, 4) is 0 Å². The molecule has 0 unspecified atom stereocenters. The van der Waals surface area contributed by atoms with Crippen LogP contribution >= 0.6 is 0 Å². The molecule has 0 heterocycles. The molecule has 0 fully saturated rings. The molecule has 0 amide bonds. The maximum absolute atomic E-state index is 10.3. The van der Waals surface area contributed by atoms with Crippen LogP contribution in [0, 0.1) is 0 Å². The molecule has 0 spiro atoms. The van der Waals surface area contributed by atoms with Crippen LogP contribution in [0.4, 0.5) is 0 Å². The van der Waals surface area contributed by atoms with E-state index in [1.165, 1.54) is 70.6 Å². The average molecular weight is 480 g/mol. The highest BCUT2D eigenvalue weighted by Gasteiger charge is 2.05. The lowest BCUT2D eigenvalue weighted by Crippen LogP contribution is -2.28. The second-order valence-electron chi connectivity index (χ2n) is 7.62. The van der Waals surface area contributed by atoms with E-state index in [4.69, 9.17) is 34.9 Å². The highest BCUT2D eigenvalue weighted by atomic mass is 17.2. The number of hydrogen-bond acceptors (Lipinski definition) is 8. The van der Waals surface area contributed by atoms with Gasteiger partial charge in [0.05, 0.1) is 45.0 Å². The molecule has 33 heavy (non-hydrogen) atoms. The van der Waals surface area contributed by atoms with Gasteiger partial charge < -0.3 is 20.4 Å². The van der Waals surface area contributed by atoms with E-state index >= 15 is 0 Å². The van der Waals surface area contributed by atoms with E-state index in [-0.39, 0.29) is 39.6 Å². The first-order valence-corrected chi connectivity index (χ1v) is 12.5. The summed E-state index contributed by atoms with van der Waals surface area (Å²) >= 11 is 0. The predicted octanol–water partition coefficient (Wildman–Crippen LogP) is 4.17. The van der Waals surface area contributed by atoms with E-state index in [9.17, 15) is 4.79 Å². The Morgan fingerprint density at radius 1 is 0.667 bits per heavy atom. The zero-order chi connectivity index (χ0) is 24.8. The molecular formula is C24H49NO8. The zero-order valence-electron chi connectivity index (χ0n) is 20.7. The smallest absolute Gasteiger partial charge is 0.303 e. The van der Waals surface area contributed by atoms with E-state index in [1.54, 1.807) is 0 Å². The van der Waals surface area contributed by atoms with Crippen molar-refractivity contribution >= 4 is 5.97 Å². The molecule has 0 aliphatic carbocycles. The van der Waals surface area contributed by atoms with Crippen molar-refractivity contribution in [2.75, 3.05) is 39.6 Å². The Morgan fingerprint density at radius 2 is 1.06 bits per heavy atom. The normalized spacial score (nSPS) is 11.2. The Bertz CT molecular complexity index is 391. The van der Waals surface area contributed by atoms with Crippen LogP contribution in [-0.2, 0) is 19.3 Å². The van der Waals surface area contributed by atoms with E-state index in [1.807, 2.05) is 0 Å². The summed E-state index contributed by atoms with van der Waals surface area (Å²) in [5.74, 6) is -0.664. The number of aliphatic hydroxyl groups excluding tert-OH is 3. The third-order valence-electron chi connectivity index (χ3n) is 4.52. The van der Waals surface area contributed by atoms with Gasteiger partial charge in [-0.15, -0.1) is 0 Å². The second-order valence-corrected chi connectivity index (χ2v) is 7.62. The van der Waals surface area contributed by atoms with E-state index in [0.29, 0.717) is 11.8 Å². The molecular weight excluding hydrogens is 430 g/mol. The average Bonchev–Trinajstić information content (AvgIpc) is 2.81. The third-order valence-corrected chi connectivity index (χ3v) is 4.52. The Balaban J connectivity index is 0. The Hall–Kier alpha value is -1.07. The summed E-state index contributed by atoms with van der Waals surface area (Å²) < 4.78 is 0. The van der Waals surface area contributed by atoms with Crippen molar-refractivity contribution in [2.45, 2.75) is 96.8 Å². The van der Waals surface area contributed by atoms with Gasteiger partial charge in [0.1, 0.15) is 0 Å². The predicted molar refractivity (Wildman–Crippen MR) is 128 cm³/mol. The number of carbonyl (C=O) groups is 1. The summed E-state index contributed by atoms with van der Waals surface area (Å²) in [7, 11) is 0. The maximum Gasteiger partial charge on any atom is 0.303 e. The number of aliphatic carboxylic acids is 1. The lowest BCUT2D eigenvalue weighted by Gasteiger charge is -2.17. The minimum absolute atomic E-state index is 0.0108. The second kappa shape index (κ2) is 30.9. The molecule has 9 nitrogen and oxygen atoms in total. The van der Waals surface area contributed by atoms with Crippen LogP contribution in [0.15, 0.2) is 12.2 Å². The Morgan fingerprint density at radius 3 is 1.45 bits per heavy atom. The molecule has 0 aromatic carbocycles. The van der Waals surface area contributed by atoms with Crippen LogP contribution in [0.5, 0.6) is 0 Å². The van der Waals surface area contributed by atoms with Crippen molar-refractivity contribution < 1.29 is 39.7 Å². The van der Waals surface area contributed by atoms with Crippen molar-refractivity contribution in [1.29, 1.82) is 0 Å². The Labute approximate surface area is 200 Å². The number of unbranched alkanes of at least 4 members (excludes halogenated alkanes) is 11. The molecule has 0 saturated carbocycles. The van der Waals surface area contributed by atoms with Gasteiger partial charge >= 0.3 is 5.97 Å². The minimum Gasteiger partial charge on any atom is -0.481 e. The monoisotopic (exact) mass is 479 g/mol. The largest absolute Gasteiger partial charge is 0.481 e. The van der Waals surface area contributed by atoms with Crippen molar-refractivity contribution in [2.24, 2.45) is 0 Å². The van der Waals surface area contributed by atoms with Gasteiger partial charge in [0.25, 0.3) is 0 Å². The van der Waals surface area contributed by atoms with Gasteiger partial charge in [0, 0.05) is 6.42 Å². The summed E-state index contributed by atoms with van der Waals surface area (Å²) in [5.41, 5.74) is 0. The summed E-state index contributed by atoms with van der Waals surface area (Å²) in [6.45, 7) is 1.75. The molecule has 0 aromatic heterocycles. The first-order valence-electron chi connectivity index (χ1n) is 12.5. The van der Waals surface area contributed by atoms with Crippen LogP contribution in [0.25, 0.3) is 0 Å². The first kappa shape index (κ1) is 34.1. The van der Waals surface area contributed by atoms with Crippen LogP contribution in [0.3, 0.4) is 0 Å². The standard InChI is InChI=1S/C18H34O2.C6H15NO6/c1-2-3-4-5-6-7-8-9-10-11-12-13-14-15-16-17-18(19)20;8-1-4-11-7(12-5-2-9)13-6-3-10/h9-10H,2-8,11-17H2,1H3,(H,19,20);8-10H,1-6H2. The number of carboxylic acids is 1. The van der Waals surface area contributed by atoms with Gasteiger partial charge in [-0.3, -0.25) is 4.79 Å². The molecule has 0 aliphatic heterocycles. The van der Waals surface area contributed by atoms with Crippen LogP contribution < -0.4 is 0 Å². The number of hydrogen-bond donors (Lipinski definition) is 4. The van der Waals surface area contributed by atoms with Crippen molar-refractivity contribution in [1.82, 2.24) is 5.39 Å². The highest BCUT2D eigenvalue weighted by molar-refractivity contribution is 5.66. The minimum atomic E-state index is -0.664. The molecule has 9 heteroatoms. The number of nitrogens with zero attached hydrogens (tertiary/aromatic N) is 1. The first-order chi connectivity index (χ1) is 16.1. The van der Waals surface area contributed by atoms with Gasteiger partial charge in [-0.1, -0.05) is 70.4 Å². The zero-order valence-corrected chi connectivity index (χ0v) is 20.7. The fourth-order valence-electron chi connectivity index (χ4n) is 2.80. The molecule has 198 valence electrons. The van der Waals surface area contributed by atoms with Gasteiger partial charge in [-0.05, 0) is 32.1 Å². The number of aliphatic hydroxyl groups is 3. The molecule has 0 aliphatic rings. The number of allylic oxidation sites excluding steroid dienone is 2. The van der Waals surface area contributed by atoms with Crippen molar-refractivity contribution in [3.63, 3.8) is 0 Å². The lowest BCUT2D eigenvalue weighted by molar-refractivity contribution is -0.527. The number of carboxylic acid groups (broad SMARTS) is 1. The van der Waals surface area contributed by atoms with E-state index in [0.717, 1.165) is 12.8 Å². The lowest BCUT2D eigenvalue weighted by atomic mass is 10.1. The van der Waals surface area contributed by atoms with Crippen LogP contribution in [-0.4, -0.2) is 71.4 Å². The molecule has 0 aromatic rings. The van der Waals surface area contributed by atoms with Gasteiger partial charge in [0.15, 0.2) is 0 Å². The quantitative estimate of drug-likeness (QED) is 0.0915. The van der Waals surface area contributed by atoms with E-state index in [2.05, 4.69) is 19.1 Å². The fraction of sp³-hybridized carbons (Fsp3) is 0.875. The molecule has 0 saturated heterocycles. The fourth-order valence-corrected chi connectivity index (χ4v) is 2.80. The van der Waals surface area contributed by atoms with Gasteiger partial charge in [-0.25, -0.2) is 14.5 Å². The molecule has 0 bridgehead atoms. The maximum atomic E-state index is 10.3. The van der Waals surface area contributed by atoms with Gasteiger partial charge in [-0.2, -0.15) is 0 Å². The van der Waals surface area contributed by atoms with E-state index < -0.39 is 5.97 Å². The van der Waals surface area contributed by atoms with Gasteiger partial charge in [0.2, 0.25) is 0 Å². The summed E-state index contributed by atoms with van der Waals surface area (Å²) in [6.07, 6.45) is 21.2. The third kappa shape index (κ3) is 33.2. The molecule has 0 atom stereocenters.